The molecule has 1 unspecified atom stereocenters. The van der Waals surface area contributed by atoms with E-state index in [4.69, 9.17) is 0 Å². The van der Waals surface area contributed by atoms with E-state index in [1.165, 1.54) is 0 Å². The molecule has 1 saturated heterocycles. The molecule has 5 heteroatoms. The summed E-state index contributed by atoms with van der Waals surface area (Å²) in [5.41, 5.74) is 0. The normalized spacial score (nSPS) is 20.4. The van der Waals surface area contributed by atoms with Crippen molar-refractivity contribution in [3.63, 3.8) is 0 Å². The topological polar surface area (TPSA) is 50.3 Å². The van der Waals surface area contributed by atoms with Gasteiger partial charge in [0.05, 0.1) is 4.90 Å². The number of fused-ring (bicyclic) bond motifs is 1. The predicted molar refractivity (Wildman–Crippen MR) is 83.5 cm³/mol. The SMILES string of the molecule is CC(C)C1CCCN1S(=O)(=O)c1cccc2cnccc12. The Morgan fingerprint density at radius 1 is 1.29 bits per heavy atom. The lowest BCUT2D eigenvalue weighted by molar-refractivity contribution is 0.316. The molecular weight excluding hydrogens is 284 g/mol. The van der Waals surface area contributed by atoms with Crippen molar-refractivity contribution in [2.24, 2.45) is 5.92 Å². The Morgan fingerprint density at radius 3 is 2.86 bits per heavy atom. The van der Waals surface area contributed by atoms with Gasteiger partial charge in [-0.05, 0) is 30.9 Å². The molecule has 1 fully saturated rings. The van der Waals surface area contributed by atoms with Crippen molar-refractivity contribution >= 4 is 20.8 Å². The van der Waals surface area contributed by atoms with Gasteiger partial charge in [0.15, 0.2) is 0 Å². The Balaban J connectivity index is 2.13. The third-order valence-corrected chi connectivity index (χ3v) is 6.23. The second kappa shape index (κ2) is 5.39. The predicted octanol–water partition coefficient (Wildman–Crippen LogP) is 3.04. The molecule has 1 atom stereocenters. The first kappa shape index (κ1) is 14.5. The molecule has 0 radical (unpaired) electrons. The zero-order valence-electron chi connectivity index (χ0n) is 12.4. The maximum Gasteiger partial charge on any atom is 0.243 e. The average molecular weight is 304 g/mol. The highest BCUT2D eigenvalue weighted by atomic mass is 32.2. The molecule has 1 aliphatic rings. The van der Waals surface area contributed by atoms with Crippen LogP contribution in [0.4, 0.5) is 0 Å². The third kappa shape index (κ3) is 2.45. The Bertz CT molecular complexity index is 750. The van der Waals surface area contributed by atoms with Crippen LogP contribution in [0.3, 0.4) is 0 Å². The van der Waals surface area contributed by atoms with Gasteiger partial charge in [0.1, 0.15) is 0 Å². The summed E-state index contributed by atoms with van der Waals surface area (Å²) in [6.45, 7) is 4.80. The number of hydrogen-bond acceptors (Lipinski definition) is 3. The lowest BCUT2D eigenvalue weighted by atomic mass is 10.0. The van der Waals surface area contributed by atoms with Gasteiger partial charge >= 0.3 is 0 Å². The number of rotatable bonds is 3. The van der Waals surface area contributed by atoms with Crippen LogP contribution < -0.4 is 0 Å². The zero-order valence-corrected chi connectivity index (χ0v) is 13.2. The van der Waals surface area contributed by atoms with Crippen molar-refractivity contribution in [3.05, 3.63) is 36.7 Å². The van der Waals surface area contributed by atoms with E-state index in [1.807, 2.05) is 6.07 Å². The van der Waals surface area contributed by atoms with E-state index in [9.17, 15) is 8.42 Å². The second-order valence-corrected chi connectivity index (χ2v) is 7.78. The van der Waals surface area contributed by atoms with E-state index in [2.05, 4.69) is 18.8 Å². The van der Waals surface area contributed by atoms with Crippen LogP contribution in [0.2, 0.25) is 0 Å². The molecule has 21 heavy (non-hydrogen) atoms. The van der Waals surface area contributed by atoms with Gasteiger partial charge in [0.2, 0.25) is 10.0 Å². The van der Waals surface area contributed by atoms with Crippen LogP contribution in [0.15, 0.2) is 41.6 Å². The number of pyridine rings is 1. The van der Waals surface area contributed by atoms with E-state index in [0.717, 1.165) is 23.6 Å². The minimum atomic E-state index is -3.45. The first-order valence-corrected chi connectivity index (χ1v) is 8.80. The summed E-state index contributed by atoms with van der Waals surface area (Å²) in [7, 11) is -3.45. The van der Waals surface area contributed by atoms with Gasteiger partial charge in [-0.15, -0.1) is 0 Å². The van der Waals surface area contributed by atoms with E-state index in [1.54, 1.807) is 34.9 Å². The molecule has 0 N–H and O–H groups in total. The first-order chi connectivity index (χ1) is 10.0. The van der Waals surface area contributed by atoms with Crippen LogP contribution in [0, 0.1) is 5.92 Å². The molecule has 1 aromatic heterocycles. The fourth-order valence-electron chi connectivity index (χ4n) is 3.17. The van der Waals surface area contributed by atoms with E-state index in [-0.39, 0.29) is 6.04 Å². The van der Waals surface area contributed by atoms with Crippen LogP contribution in [-0.4, -0.2) is 30.3 Å². The van der Waals surface area contributed by atoms with Crippen LogP contribution in [0.5, 0.6) is 0 Å². The van der Waals surface area contributed by atoms with Gasteiger partial charge in [-0.3, -0.25) is 4.98 Å². The lowest BCUT2D eigenvalue weighted by Gasteiger charge is -2.27. The number of sulfonamides is 1. The van der Waals surface area contributed by atoms with Crippen LogP contribution in [-0.2, 0) is 10.0 Å². The number of benzene rings is 1. The molecular formula is C16H20N2O2S. The maximum absolute atomic E-state index is 13.1. The van der Waals surface area contributed by atoms with Crippen molar-refractivity contribution in [2.75, 3.05) is 6.54 Å². The molecule has 3 rings (SSSR count). The highest BCUT2D eigenvalue weighted by Crippen LogP contribution is 2.32. The molecule has 1 aromatic carbocycles. The minimum Gasteiger partial charge on any atom is -0.264 e. The highest BCUT2D eigenvalue weighted by molar-refractivity contribution is 7.89. The van der Waals surface area contributed by atoms with Gasteiger partial charge in [0, 0.05) is 35.8 Å². The van der Waals surface area contributed by atoms with Gasteiger partial charge in [-0.25, -0.2) is 8.42 Å². The van der Waals surface area contributed by atoms with E-state index < -0.39 is 10.0 Å². The van der Waals surface area contributed by atoms with Crippen molar-refractivity contribution in [1.82, 2.24) is 9.29 Å². The highest BCUT2D eigenvalue weighted by Gasteiger charge is 2.37. The standard InChI is InChI=1S/C16H20N2O2S/c1-12(2)15-6-4-10-18(15)21(19,20)16-7-3-5-13-11-17-9-8-14(13)16/h3,5,7-9,11-12,15H,4,6,10H2,1-2H3. The molecule has 4 nitrogen and oxygen atoms in total. The van der Waals surface area contributed by atoms with Gasteiger partial charge < -0.3 is 0 Å². The Hall–Kier alpha value is -1.46. The minimum absolute atomic E-state index is 0.104. The fourth-order valence-corrected chi connectivity index (χ4v) is 5.22. The lowest BCUT2D eigenvalue weighted by Crippen LogP contribution is -2.38. The van der Waals surface area contributed by atoms with Crippen molar-refractivity contribution in [2.45, 2.75) is 37.6 Å². The van der Waals surface area contributed by atoms with Gasteiger partial charge in [-0.2, -0.15) is 4.31 Å². The quantitative estimate of drug-likeness (QED) is 0.875. The summed E-state index contributed by atoms with van der Waals surface area (Å²) in [4.78, 5) is 4.47. The van der Waals surface area contributed by atoms with Gasteiger partial charge in [0.25, 0.3) is 0 Å². The van der Waals surface area contributed by atoms with Crippen molar-refractivity contribution in [1.29, 1.82) is 0 Å². The monoisotopic (exact) mass is 304 g/mol. The summed E-state index contributed by atoms with van der Waals surface area (Å²) < 4.78 is 27.8. The van der Waals surface area contributed by atoms with Gasteiger partial charge in [-0.1, -0.05) is 26.0 Å². The maximum atomic E-state index is 13.1. The molecule has 1 aliphatic heterocycles. The summed E-state index contributed by atoms with van der Waals surface area (Å²) in [6, 6.07) is 7.27. The summed E-state index contributed by atoms with van der Waals surface area (Å²) in [5.74, 6) is 0.332. The molecule has 0 spiro atoms. The fraction of sp³-hybridized carbons (Fsp3) is 0.438. The van der Waals surface area contributed by atoms with Crippen molar-refractivity contribution in [3.8, 4) is 0 Å². The molecule has 0 amide bonds. The Labute approximate surface area is 125 Å². The summed E-state index contributed by atoms with van der Waals surface area (Å²) >= 11 is 0. The molecule has 112 valence electrons. The van der Waals surface area contributed by atoms with Crippen LogP contribution in [0.1, 0.15) is 26.7 Å². The van der Waals surface area contributed by atoms with E-state index >= 15 is 0 Å². The number of aromatic nitrogens is 1. The Morgan fingerprint density at radius 2 is 2.10 bits per heavy atom. The van der Waals surface area contributed by atoms with E-state index in [0.29, 0.717) is 17.4 Å². The van der Waals surface area contributed by atoms with Crippen molar-refractivity contribution < 1.29 is 8.42 Å². The summed E-state index contributed by atoms with van der Waals surface area (Å²) in [5, 5.41) is 1.61. The average Bonchev–Trinajstić information content (AvgIpc) is 2.97. The number of nitrogens with zero attached hydrogens (tertiary/aromatic N) is 2. The summed E-state index contributed by atoms with van der Waals surface area (Å²) in [6.07, 6.45) is 5.24. The second-order valence-electron chi connectivity index (χ2n) is 5.92. The molecule has 2 aromatic rings. The molecule has 0 saturated carbocycles. The zero-order chi connectivity index (χ0) is 15.0. The number of hydrogen-bond donors (Lipinski definition) is 0. The molecule has 0 bridgehead atoms. The smallest absolute Gasteiger partial charge is 0.243 e. The van der Waals surface area contributed by atoms with Crippen LogP contribution >= 0.6 is 0 Å². The van der Waals surface area contributed by atoms with Crippen LogP contribution in [0.25, 0.3) is 10.8 Å². The first-order valence-electron chi connectivity index (χ1n) is 7.36. The third-order valence-electron chi connectivity index (χ3n) is 4.25. The largest absolute Gasteiger partial charge is 0.264 e. The molecule has 0 aliphatic carbocycles. The Kier molecular flexibility index (Phi) is 3.71. The molecule has 2 heterocycles.